The SMILES string of the molecule is Nc1nnc(CCCBr)s1.O=P(Cl)(Cl)Cl. The summed E-state index contributed by atoms with van der Waals surface area (Å²) in [5.74, 6) is 0. The second-order valence-corrected chi connectivity index (χ2v) is 10.8. The molecule has 1 heterocycles. The highest BCUT2D eigenvalue weighted by atomic mass is 79.9. The van der Waals surface area contributed by atoms with Crippen molar-refractivity contribution in [3.63, 3.8) is 0 Å². The molecule has 0 aromatic carbocycles. The van der Waals surface area contributed by atoms with Crippen LogP contribution in [0, 0.1) is 0 Å². The molecule has 0 aliphatic carbocycles. The highest BCUT2D eigenvalue weighted by Crippen LogP contribution is 2.61. The fourth-order valence-electron chi connectivity index (χ4n) is 0.586. The molecule has 88 valence electrons. The van der Waals surface area contributed by atoms with E-state index < -0.39 is 5.20 Å². The van der Waals surface area contributed by atoms with Crippen LogP contribution in [0.5, 0.6) is 0 Å². The predicted molar refractivity (Wildman–Crippen MR) is 71.6 cm³/mol. The van der Waals surface area contributed by atoms with Gasteiger partial charge in [0, 0.05) is 11.8 Å². The minimum absolute atomic E-state index is 0.560. The summed E-state index contributed by atoms with van der Waals surface area (Å²) in [6.45, 7) is 0. The molecule has 0 saturated heterocycles. The molecule has 10 heteroatoms. The lowest BCUT2D eigenvalue weighted by molar-refractivity contribution is 0.600. The molecule has 1 aromatic heterocycles. The predicted octanol–water partition coefficient (Wildman–Crippen LogP) is 4.26. The van der Waals surface area contributed by atoms with Gasteiger partial charge in [-0.2, -0.15) is 0 Å². The van der Waals surface area contributed by atoms with Crippen molar-refractivity contribution in [3.8, 4) is 0 Å². The van der Waals surface area contributed by atoms with Crippen LogP contribution in [0.25, 0.3) is 0 Å². The molecule has 0 saturated carbocycles. The van der Waals surface area contributed by atoms with Gasteiger partial charge in [-0.25, -0.2) is 0 Å². The van der Waals surface area contributed by atoms with Crippen LogP contribution in [0.3, 0.4) is 0 Å². The maximum atomic E-state index is 9.51. The lowest BCUT2D eigenvalue weighted by Gasteiger charge is -1.87. The number of rotatable bonds is 3. The molecule has 1 aromatic rings. The summed E-state index contributed by atoms with van der Waals surface area (Å²) < 4.78 is 9.51. The molecule has 0 radical (unpaired) electrons. The number of hydrogen-bond donors (Lipinski definition) is 1. The molecule has 0 fully saturated rings. The molecule has 4 nitrogen and oxygen atoms in total. The van der Waals surface area contributed by atoms with Crippen LogP contribution in [0.2, 0.25) is 0 Å². The van der Waals surface area contributed by atoms with E-state index in [0.717, 1.165) is 23.2 Å². The van der Waals surface area contributed by atoms with Crippen LogP contribution in [-0.2, 0) is 11.0 Å². The highest BCUT2D eigenvalue weighted by molar-refractivity contribution is 9.09. The molecule has 0 aliphatic heterocycles. The molecule has 0 atom stereocenters. The van der Waals surface area contributed by atoms with Gasteiger partial charge in [-0.1, -0.05) is 27.3 Å². The van der Waals surface area contributed by atoms with E-state index in [-0.39, 0.29) is 0 Å². The maximum Gasteiger partial charge on any atom is 0.339 e. The average Bonchev–Trinajstić information content (AvgIpc) is 2.45. The lowest BCUT2D eigenvalue weighted by Crippen LogP contribution is -1.84. The zero-order valence-electron chi connectivity index (χ0n) is 7.37. The van der Waals surface area contributed by atoms with E-state index in [4.69, 9.17) is 5.73 Å². The monoisotopic (exact) mass is 373 g/mol. The number of alkyl halides is 1. The Morgan fingerprint density at radius 1 is 1.40 bits per heavy atom. The zero-order chi connectivity index (χ0) is 11.9. The molecule has 1 rings (SSSR count). The number of aromatic nitrogens is 2. The number of halogens is 4. The second kappa shape index (κ2) is 8.09. The first-order chi connectivity index (χ1) is 6.83. The van der Waals surface area contributed by atoms with Crippen LogP contribution < -0.4 is 5.73 Å². The van der Waals surface area contributed by atoms with Gasteiger partial charge in [-0.15, -0.1) is 10.2 Å². The van der Waals surface area contributed by atoms with Gasteiger partial charge < -0.3 is 5.73 Å². The molecule has 0 spiro atoms. The van der Waals surface area contributed by atoms with Crippen molar-refractivity contribution in [1.29, 1.82) is 0 Å². The van der Waals surface area contributed by atoms with Crippen LogP contribution in [0.1, 0.15) is 11.4 Å². The third-order valence-corrected chi connectivity index (χ3v) is 2.38. The summed E-state index contributed by atoms with van der Waals surface area (Å²) in [5.41, 5.74) is 5.38. The van der Waals surface area contributed by atoms with Crippen LogP contribution in [0.15, 0.2) is 0 Å². The number of anilines is 1. The average molecular weight is 375 g/mol. The second-order valence-electron chi connectivity index (χ2n) is 2.23. The Hall–Kier alpha value is 0.940. The van der Waals surface area contributed by atoms with E-state index in [9.17, 15) is 4.57 Å². The van der Waals surface area contributed by atoms with Gasteiger partial charge in [0.15, 0.2) is 0 Å². The van der Waals surface area contributed by atoms with Crippen LogP contribution in [-0.4, -0.2) is 15.5 Å². The van der Waals surface area contributed by atoms with Gasteiger partial charge in [-0.05, 0) is 40.1 Å². The van der Waals surface area contributed by atoms with Crippen molar-refractivity contribution in [3.05, 3.63) is 5.01 Å². The summed E-state index contributed by atoms with van der Waals surface area (Å²) in [6.07, 6.45) is 2.06. The Balaban J connectivity index is 0.000000336. The Bertz CT molecular complexity index is 325. The van der Waals surface area contributed by atoms with E-state index >= 15 is 0 Å². The van der Waals surface area contributed by atoms with E-state index in [1.54, 1.807) is 0 Å². The van der Waals surface area contributed by atoms with E-state index in [1.165, 1.54) is 11.3 Å². The normalized spacial score (nSPS) is 10.7. The Morgan fingerprint density at radius 2 is 1.93 bits per heavy atom. The largest absolute Gasteiger partial charge is 0.374 e. The molecular weight excluding hydrogens is 367 g/mol. The summed E-state index contributed by atoms with van der Waals surface area (Å²) in [5, 5.41) is 6.95. The first kappa shape index (κ1) is 15.9. The van der Waals surface area contributed by atoms with Crippen LogP contribution >= 0.6 is 66.2 Å². The number of nitrogen functional groups attached to an aromatic ring is 1. The molecule has 0 aliphatic rings. The van der Waals surface area contributed by atoms with Crippen molar-refractivity contribution in [1.82, 2.24) is 10.2 Å². The van der Waals surface area contributed by atoms with Crippen molar-refractivity contribution in [2.75, 3.05) is 11.1 Å². The standard InChI is InChI=1S/C5H8BrN3S.Cl3OP/c6-3-1-2-4-8-9-5(7)10-4;1-5(2,3)4/h1-3H2,(H2,7,9);. The number of nitrogens with two attached hydrogens (primary N) is 1. The molecule has 0 bridgehead atoms. The van der Waals surface area contributed by atoms with Gasteiger partial charge >= 0.3 is 5.20 Å². The fraction of sp³-hybridized carbons (Fsp3) is 0.600. The minimum Gasteiger partial charge on any atom is -0.374 e. The van der Waals surface area contributed by atoms with Crippen molar-refractivity contribution >= 4 is 71.3 Å². The summed E-state index contributed by atoms with van der Waals surface area (Å²) in [4.78, 5) is 0. The Labute approximate surface area is 114 Å². The van der Waals surface area contributed by atoms with Crippen molar-refractivity contribution in [2.45, 2.75) is 12.8 Å². The first-order valence-electron chi connectivity index (χ1n) is 3.65. The zero-order valence-corrected chi connectivity index (χ0v) is 12.9. The van der Waals surface area contributed by atoms with Crippen molar-refractivity contribution in [2.24, 2.45) is 0 Å². The van der Waals surface area contributed by atoms with Gasteiger partial charge in [0.05, 0.1) is 0 Å². The molecule has 0 amide bonds. The third-order valence-electron chi connectivity index (χ3n) is 1.01. The third kappa shape index (κ3) is 12.9. The van der Waals surface area contributed by atoms with Gasteiger partial charge in [-0.3, -0.25) is 4.57 Å². The number of aryl methyl sites for hydroxylation is 1. The van der Waals surface area contributed by atoms with E-state index in [0.29, 0.717) is 5.13 Å². The van der Waals surface area contributed by atoms with Gasteiger partial charge in [0.2, 0.25) is 5.13 Å². The summed E-state index contributed by atoms with van der Waals surface area (Å²) in [6, 6.07) is 0. The molecule has 2 N–H and O–H groups in total. The van der Waals surface area contributed by atoms with E-state index in [1.807, 2.05) is 0 Å². The van der Waals surface area contributed by atoms with Crippen LogP contribution in [0.4, 0.5) is 5.13 Å². The molecule has 0 unspecified atom stereocenters. The van der Waals surface area contributed by atoms with E-state index in [2.05, 4.69) is 59.8 Å². The summed E-state index contributed by atoms with van der Waals surface area (Å²) >= 11 is 18.7. The topological polar surface area (TPSA) is 68.9 Å². The minimum atomic E-state index is -3.22. The smallest absolute Gasteiger partial charge is 0.339 e. The molecular formula is C5H8BrCl3N3OPS. The first-order valence-corrected chi connectivity index (χ1v) is 10.0. The quantitative estimate of drug-likeness (QED) is 0.633. The fourth-order valence-corrected chi connectivity index (χ4v) is 1.52. The lowest BCUT2D eigenvalue weighted by atomic mass is 10.4. The van der Waals surface area contributed by atoms with Gasteiger partial charge in [0.25, 0.3) is 0 Å². The Morgan fingerprint density at radius 3 is 2.27 bits per heavy atom. The maximum absolute atomic E-state index is 9.51. The summed E-state index contributed by atoms with van der Waals surface area (Å²) in [7, 11) is 0. The highest BCUT2D eigenvalue weighted by Gasteiger charge is 2.03. The Kier molecular flexibility index (Phi) is 8.60. The molecule has 15 heavy (non-hydrogen) atoms. The number of hydrogen-bond acceptors (Lipinski definition) is 5. The van der Waals surface area contributed by atoms with Crippen molar-refractivity contribution < 1.29 is 4.57 Å². The van der Waals surface area contributed by atoms with Gasteiger partial charge in [0.1, 0.15) is 5.01 Å². The number of nitrogens with zero attached hydrogens (tertiary/aromatic N) is 2.